The van der Waals surface area contributed by atoms with Crippen molar-refractivity contribution >= 4 is 32.8 Å². The molecule has 0 saturated carbocycles. The van der Waals surface area contributed by atoms with Crippen LogP contribution in [0.3, 0.4) is 0 Å². The van der Waals surface area contributed by atoms with E-state index in [9.17, 15) is 0 Å². The van der Waals surface area contributed by atoms with Gasteiger partial charge < -0.3 is 4.74 Å². The Bertz CT molecular complexity index is 2640. The van der Waals surface area contributed by atoms with Gasteiger partial charge in [0.2, 0.25) is 0 Å². The number of hydrogen-bond donors (Lipinski definition) is 0. The Kier molecular flexibility index (Phi) is 6.58. The summed E-state index contributed by atoms with van der Waals surface area (Å²) in [7, 11) is 0. The van der Waals surface area contributed by atoms with Crippen LogP contribution >= 0.6 is 0 Å². The number of hydrogen-bond acceptors (Lipinski definition) is 3. The highest BCUT2D eigenvalue weighted by molar-refractivity contribution is 6.09. The van der Waals surface area contributed by atoms with Gasteiger partial charge in [-0.1, -0.05) is 90.1 Å². The minimum atomic E-state index is -2.25. The molecule has 0 spiro atoms. The monoisotopic (exact) mass is 658 g/mol. The number of pyridine rings is 2. The maximum absolute atomic E-state index is 7.98. The number of aromatic nitrogens is 5. The van der Waals surface area contributed by atoms with Crippen molar-refractivity contribution in [3.63, 3.8) is 0 Å². The molecule has 8 aromatic rings. The fourth-order valence-electron chi connectivity index (χ4n) is 6.55. The topological polar surface area (TPSA) is 48.8 Å². The van der Waals surface area contributed by atoms with E-state index in [0.717, 1.165) is 38.5 Å². The number of imidazole rings is 1. The van der Waals surface area contributed by atoms with Crippen LogP contribution in [-0.2, 0) is 10.8 Å². The number of nitrogens with zero attached hydrogens (tertiary/aromatic N) is 5. The second-order valence-electron chi connectivity index (χ2n) is 14.9. The molecule has 0 unspecified atom stereocenters. The maximum Gasteiger partial charge on any atom is 0.271 e. The van der Waals surface area contributed by atoms with Gasteiger partial charge in [-0.05, 0) is 82.9 Å². The van der Waals surface area contributed by atoms with Crippen LogP contribution in [0.15, 0.2) is 122 Å². The molecule has 6 heteroatoms. The van der Waals surface area contributed by atoms with Crippen LogP contribution in [0.2, 0.25) is 0 Å². The molecule has 0 aliphatic carbocycles. The second kappa shape index (κ2) is 11.7. The van der Waals surface area contributed by atoms with Crippen LogP contribution in [0.4, 0.5) is 0 Å². The average molecular weight is 659 g/mol. The quantitative estimate of drug-likeness (QED) is 0.137. The Morgan fingerprint density at radius 2 is 1.30 bits per heavy atom. The SMILES string of the molecule is [2H]C([2H])([2H])c1ccnc(-n2c3ccccc3c3ccc(Oc4ccnc(-n5[c-][n+](-c6cc(C(C)(C)C)cc(C(C)(C)C)c6)c6ccccc65)c4)cc32)c1. The standard InChI is InChI=1S/C44H41N5O/c1-29-18-20-46-42(22-29)49-37-13-9-8-12-35(37)36-17-16-33(26-40(36)49)50-34-19-21-45-41(27-34)48-28-47(38-14-10-11-15-39(38)48)32-24-30(43(2,3)4)23-31(25-32)44(5,6)7/h8-27H,1-7H3/i1D3. The molecule has 50 heavy (non-hydrogen) atoms. The average Bonchev–Trinajstić information content (AvgIpc) is 3.67. The number of rotatable bonds is 5. The second-order valence-corrected chi connectivity index (χ2v) is 14.9. The maximum atomic E-state index is 7.98. The highest BCUT2D eigenvalue weighted by Gasteiger charge is 2.23. The van der Waals surface area contributed by atoms with Crippen LogP contribution in [0.25, 0.3) is 50.2 Å². The minimum Gasteiger partial charge on any atom is -0.458 e. The first-order chi connectivity index (χ1) is 25.1. The summed E-state index contributed by atoms with van der Waals surface area (Å²) >= 11 is 0. The summed E-state index contributed by atoms with van der Waals surface area (Å²) in [6.45, 7) is 11.2. The number of benzene rings is 4. The number of para-hydroxylation sites is 3. The zero-order chi connectivity index (χ0) is 37.3. The van der Waals surface area contributed by atoms with Crippen LogP contribution < -0.4 is 9.30 Å². The van der Waals surface area contributed by atoms with Crippen molar-refractivity contribution in [1.29, 1.82) is 0 Å². The molecule has 0 atom stereocenters. The first-order valence-electron chi connectivity index (χ1n) is 18.4. The molecule has 0 saturated heterocycles. The highest BCUT2D eigenvalue weighted by Crippen LogP contribution is 2.36. The lowest BCUT2D eigenvalue weighted by atomic mass is 9.80. The van der Waals surface area contributed by atoms with Crippen molar-refractivity contribution in [3.05, 3.63) is 145 Å². The molecule has 0 fully saturated rings. The van der Waals surface area contributed by atoms with E-state index in [1.165, 1.54) is 11.1 Å². The zero-order valence-electron chi connectivity index (χ0n) is 32.2. The molecule has 0 radical (unpaired) electrons. The van der Waals surface area contributed by atoms with Crippen molar-refractivity contribution in [2.75, 3.05) is 0 Å². The van der Waals surface area contributed by atoms with Crippen molar-refractivity contribution in [2.24, 2.45) is 0 Å². The van der Waals surface area contributed by atoms with Gasteiger partial charge in [-0.25, -0.2) is 4.98 Å². The van der Waals surface area contributed by atoms with Gasteiger partial charge in [-0.2, -0.15) is 0 Å². The van der Waals surface area contributed by atoms with Crippen molar-refractivity contribution in [1.82, 2.24) is 19.1 Å². The van der Waals surface area contributed by atoms with Crippen LogP contribution in [0.5, 0.6) is 11.5 Å². The van der Waals surface area contributed by atoms with E-state index in [1.54, 1.807) is 24.5 Å². The van der Waals surface area contributed by atoms with Gasteiger partial charge in [0, 0.05) is 39.4 Å². The van der Waals surface area contributed by atoms with E-state index < -0.39 is 6.85 Å². The summed E-state index contributed by atoms with van der Waals surface area (Å²) in [5.41, 5.74) is 7.51. The highest BCUT2D eigenvalue weighted by atomic mass is 16.5. The predicted molar refractivity (Wildman–Crippen MR) is 202 cm³/mol. The molecule has 248 valence electrons. The predicted octanol–water partition coefficient (Wildman–Crippen LogP) is 10.3. The number of ether oxygens (including phenoxy) is 1. The third kappa shape index (κ3) is 5.61. The Balaban J connectivity index is 1.21. The molecule has 0 aliphatic heterocycles. The summed E-state index contributed by atoms with van der Waals surface area (Å²) in [5.74, 6) is 2.43. The van der Waals surface area contributed by atoms with E-state index in [-0.39, 0.29) is 16.4 Å². The fraction of sp³-hybridized carbons (Fsp3) is 0.205. The van der Waals surface area contributed by atoms with Crippen molar-refractivity contribution < 1.29 is 13.4 Å². The van der Waals surface area contributed by atoms with E-state index in [1.807, 2.05) is 69.8 Å². The molecule has 4 aromatic carbocycles. The lowest BCUT2D eigenvalue weighted by Gasteiger charge is -2.26. The van der Waals surface area contributed by atoms with E-state index in [4.69, 9.17) is 13.8 Å². The minimum absolute atomic E-state index is 0.0299. The lowest BCUT2D eigenvalue weighted by molar-refractivity contribution is -0.572. The Hall–Kier alpha value is -5.75. The van der Waals surface area contributed by atoms with E-state index in [2.05, 4.69) is 93.8 Å². The lowest BCUT2D eigenvalue weighted by Crippen LogP contribution is -2.31. The summed E-state index contributed by atoms with van der Waals surface area (Å²) < 4.78 is 36.5. The molecule has 0 bridgehead atoms. The molecule has 4 heterocycles. The molecular formula is C44H41N5O. The third-order valence-corrected chi connectivity index (χ3v) is 9.27. The molecule has 6 nitrogen and oxygen atoms in total. The normalized spacial score (nSPS) is 13.4. The molecular weight excluding hydrogens is 615 g/mol. The summed E-state index contributed by atoms with van der Waals surface area (Å²) in [6, 6.07) is 36.1. The van der Waals surface area contributed by atoms with E-state index >= 15 is 0 Å². The molecule has 8 rings (SSSR count). The molecule has 0 amide bonds. The molecule has 0 aliphatic rings. The van der Waals surface area contributed by atoms with Crippen molar-refractivity contribution in [2.45, 2.75) is 59.2 Å². The first kappa shape index (κ1) is 28.1. The van der Waals surface area contributed by atoms with Gasteiger partial charge in [-0.15, -0.1) is 0 Å². The smallest absolute Gasteiger partial charge is 0.271 e. The van der Waals surface area contributed by atoms with Gasteiger partial charge >= 0.3 is 0 Å². The Labute approximate surface area is 297 Å². The first-order valence-corrected chi connectivity index (χ1v) is 16.9. The largest absolute Gasteiger partial charge is 0.458 e. The van der Waals surface area contributed by atoms with Crippen LogP contribution in [0, 0.1) is 13.2 Å². The van der Waals surface area contributed by atoms with E-state index in [0.29, 0.717) is 23.1 Å². The Morgan fingerprint density at radius 3 is 2.06 bits per heavy atom. The molecule has 0 N–H and O–H groups in total. The summed E-state index contributed by atoms with van der Waals surface area (Å²) in [6.07, 6.45) is 6.91. The van der Waals surface area contributed by atoms with Gasteiger partial charge in [-0.3, -0.25) is 18.7 Å². The third-order valence-electron chi connectivity index (χ3n) is 9.27. The fourth-order valence-corrected chi connectivity index (χ4v) is 6.55. The zero-order valence-corrected chi connectivity index (χ0v) is 29.2. The van der Waals surface area contributed by atoms with Gasteiger partial charge in [0.15, 0.2) is 5.82 Å². The van der Waals surface area contributed by atoms with Gasteiger partial charge in [0.05, 0.1) is 27.8 Å². The summed E-state index contributed by atoms with van der Waals surface area (Å²) in [5, 5.41) is 2.04. The number of fused-ring (bicyclic) bond motifs is 4. The van der Waals surface area contributed by atoms with Crippen LogP contribution in [-0.4, -0.2) is 19.1 Å². The summed E-state index contributed by atoms with van der Waals surface area (Å²) in [4.78, 5) is 9.35. The number of aryl methyl sites for hydroxylation is 1. The Morgan fingerprint density at radius 1 is 0.640 bits per heavy atom. The van der Waals surface area contributed by atoms with Crippen LogP contribution in [0.1, 0.15) is 62.3 Å². The van der Waals surface area contributed by atoms with Gasteiger partial charge in [0.1, 0.15) is 17.3 Å². The molecule has 4 aromatic heterocycles. The van der Waals surface area contributed by atoms with Crippen molar-refractivity contribution in [3.8, 4) is 28.8 Å². The van der Waals surface area contributed by atoms with Gasteiger partial charge in [0.25, 0.3) is 6.33 Å².